The molecular formula is C24H32N2O3. The Morgan fingerprint density at radius 3 is 2.55 bits per heavy atom. The predicted molar refractivity (Wildman–Crippen MR) is 115 cm³/mol. The maximum atomic E-state index is 13.2. The molecule has 0 saturated heterocycles. The van der Waals surface area contributed by atoms with Gasteiger partial charge in [0.2, 0.25) is 0 Å². The van der Waals surface area contributed by atoms with Crippen molar-refractivity contribution in [3.8, 4) is 11.5 Å². The largest absolute Gasteiger partial charge is 0.493 e. The summed E-state index contributed by atoms with van der Waals surface area (Å²) in [5, 5.41) is 0. The van der Waals surface area contributed by atoms with E-state index in [1.807, 2.05) is 47.4 Å². The van der Waals surface area contributed by atoms with Crippen LogP contribution in [0.1, 0.15) is 48.0 Å². The molecule has 1 aliphatic rings. The van der Waals surface area contributed by atoms with Crippen LogP contribution >= 0.6 is 0 Å². The molecule has 5 heteroatoms. The number of benzene rings is 2. The van der Waals surface area contributed by atoms with Crippen LogP contribution in [0.15, 0.2) is 48.5 Å². The first-order valence-corrected chi connectivity index (χ1v) is 10.6. The van der Waals surface area contributed by atoms with E-state index in [4.69, 9.17) is 15.2 Å². The van der Waals surface area contributed by atoms with E-state index in [1.54, 1.807) is 13.2 Å². The predicted octanol–water partition coefficient (Wildman–Crippen LogP) is 4.26. The second-order valence-corrected chi connectivity index (χ2v) is 7.68. The Bertz CT molecular complexity index is 773. The van der Waals surface area contributed by atoms with Crippen molar-refractivity contribution in [3.05, 3.63) is 59.7 Å². The van der Waals surface area contributed by atoms with Crippen molar-refractivity contribution in [2.45, 2.75) is 38.7 Å². The first-order chi connectivity index (χ1) is 14.2. The van der Waals surface area contributed by atoms with E-state index in [1.165, 1.54) is 25.7 Å². The van der Waals surface area contributed by atoms with Crippen molar-refractivity contribution in [2.24, 2.45) is 11.7 Å². The van der Waals surface area contributed by atoms with Crippen LogP contribution < -0.4 is 15.2 Å². The van der Waals surface area contributed by atoms with Crippen LogP contribution in [0.2, 0.25) is 0 Å². The third-order valence-electron chi connectivity index (χ3n) is 5.52. The zero-order chi connectivity index (χ0) is 20.5. The van der Waals surface area contributed by atoms with E-state index in [0.29, 0.717) is 42.7 Å². The van der Waals surface area contributed by atoms with E-state index in [9.17, 15) is 4.79 Å². The van der Waals surface area contributed by atoms with Crippen LogP contribution in [0.4, 0.5) is 0 Å². The van der Waals surface area contributed by atoms with Crippen LogP contribution in [0, 0.1) is 5.92 Å². The number of nitrogens with zero attached hydrogens (tertiary/aromatic N) is 1. The lowest BCUT2D eigenvalue weighted by atomic mass is 10.1. The van der Waals surface area contributed by atoms with E-state index < -0.39 is 0 Å². The maximum Gasteiger partial charge on any atom is 0.254 e. The molecule has 0 unspecified atom stereocenters. The Morgan fingerprint density at radius 2 is 1.86 bits per heavy atom. The zero-order valence-electron chi connectivity index (χ0n) is 17.3. The van der Waals surface area contributed by atoms with Crippen LogP contribution in [-0.2, 0) is 6.61 Å². The molecule has 1 amide bonds. The third-order valence-corrected chi connectivity index (χ3v) is 5.52. The van der Waals surface area contributed by atoms with Crippen molar-refractivity contribution >= 4 is 5.91 Å². The van der Waals surface area contributed by atoms with Crippen LogP contribution in [0.3, 0.4) is 0 Å². The normalized spacial score (nSPS) is 14.0. The fourth-order valence-electron chi connectivity index (χ4n) is 3.90. The van der Waals surface area contributed by atoms with Crippen molar-refractivity contribution < 1.29 is 14.3 Å². The molecule has 156 valence electrons. The van der Waals surface area contributed by atoms with Crippen molar-refractivity contribution in [1.82, 2.24) is 4.90 Å². The molecule has 0 aliphatic heterocycles. The summed E-state index contributed by atoms with van der Waals surface area (Å²) < 4.78 is 11.4. The lowest BCUT2D eigenvalue weighted by Gasteiger charge is -2.26. The van der Waals surface area contributed by atoms with Gasteiger partial charge >= 0.3 is 0 Å². The molecule has 0 atom stereocenters. The van der Waals surface area contributed by atoms with Gasteiger partial charge < -0.3 is 20.1 Å². The van der Waals surface area contributed by atoms with Gasteiger partial charge in [-0.1, -0.05) is 43.2 Å². The Kier molecular flexibility index (Phi) is 7.94. The molecule has 2 aromatic carbocycles. The Hall–Kier alpha value is -2.53. The van der Waals surface area contributed by atoms with Gasteiger partial charge in [-0.15, -0.1) is 0 Å². The average molecular weight is 397 g/mol. The summed E-state index contributed by atoms with van der Waals surface area (Å²) in [7, 11) is 1.60. The molecule has 2 N–H and O–H groups in total. The van der Waals surface area contributed by atoms with E-state index in [2.05, 4.69) is 0 Å². The molecule has 1 aliphatic carbocycles. The summed E-state index contributed by atoms with van der Waals surface area (Å²) in [5.41, 5.74) is 7.41. The highest BCUT2D eigenvalue weighted by atomic mass is 16.5. The second kappa shape index (κ2) is 10.9. The number of hydrogen-bond acceptors (Lipinski definition) is 4. The van der Waals surface area contributed by atoms with Crippen LogP contribution in [0.25, 0.3) is 0 Å². The molecule has 0 bridgehead atoms. The van der Waals surface area contributed by atoms with Gasteiger partial charge in [0.15, 0.2) is 11.5 Å². The molecule has 0 heterocycles. The first kappa shape index (κ1) is 21.2. The molecule has 0 aromatic heterocycles. The number of methoxy groups -OCH3 is 1. The lowest BCUT2D eigenvalue weighted by molar-refractivity contribution is 0.0727. The quantitative estimate of drug-likeness (QED) is 0.652. The number of ether oxygens (including phenoxy) is 2. The van der Waals surface area contributed by atoms with Gasteiger partial charge in [0.1, 0.15) is 6.61 Å². The summed E-state index contributed by atoms with van der Waals surface area (Å²) in [6, 6.07) is 15.4. The van der Waals surface area contributed by atoms with Crippen LogP contribution in [-0.4, -0.2) is 37.6 Å². The molecule has 2 aromatic rings. The van der Waals surface area contributed by atoms with Crippen LogP contribution in [0.5, 0.6) is 11.5 Å². The monoisotopic (exact) mass is 396 g/mol. The average Bonchev–Trinajstić information content (AvgIpc) is 3.28. The smallest absolute Gasteiger partial charge is 0.254 e. The number of nitrogens with two attached hydrogens (primary N) is 1. The zero-order valence-corrected chi connectivity index (χ0v) is 17.3. The summed E-state index contributed by atoms with van der Waals surface area (Å²) in [5.74, 6) is 1.86. The number of amides is 1. The molecule has 3 rings (SSSR count). The summed E-state index contributed by atoms with van der Waals surface area (Å²) in [4.78, 5) is 15.1. The summed E-state index contributed by atoms with van der Waals surface area (Å²) in [6.45, 7) is 2.55. The number of hydrogen-bond donors (Lipinski definition) is 1. The van der Waals surface area contributed by atoms with Crippen molar-refractivity contribution in [2.75, 3.05) is 26.7 Å². The van der Waals surface area contributed by atoms with E-state index in [-0.39, 0.29) is 5.91 Å². The van der Waals surface area contributed by atoms with Gasteiger partial charge in [0.05, 0.1) is 7.11 Å². The third kappa shape index (κ3) is 5.97. The van der Waals surface area contributed by atoms with Gasteiger partial charge in [-0.25, -0.2) is 0 Å². The van der Waals surface area contributed by atoms with Crippen molar-refractivity contribution in [3.63, 3.8) is 0 Å². The van der Waals surface area contributed by atoms with Gasteiger partial charge in [0.25, 0.3) is 5.91 Å². The maximum absolute atomic E-state index is 13.2. The number of carbonyl (C=O) groups is 1. The van der Waals surface area contributed by atoms with Gasteiger partial charge in [0, 0.05) is 18.7 Å². The lowest BCUT2D eigenvalue weighted by Crippen LogP contribution is -2.36. The Labute approximate surface area is 173 Å². The van der Waals surface area contributed by atoms with Gasteiger partial charge in [-0.3, -0.25) is 4.79 Å². The molecule has 5 nitrogen and oxygen atoms in total. The fraction of sp³-hybridized carbons (Fsp3) is 0.458. The fourth-order valence-corrected chi connectivity index (χ4v) is 3.90. The molecule has 0 radical (unpaired) electrons. The summed E-state index contributed by atoms with van der Waals surface area (Å²) in [6.07, 6.45) is 5.77. The highest BCUT2D eigenvalue weighted by molar-refractivity contribution is 5.95. The molecule has 1 saturated carbocycles. The molecule has 0 spiro atoms. The minimum absolute atomic E-state index is 0.0401. The first-order valence-electron chi connectivity index (χ1n) is 10.6. The van der Waals surface area contributed by atoms with Gasteiger partial charge in [-0.05, 0) is 55.5 Å². The minimum atomic E-state index is 0.0401. The SMILES string of the molecule is COc1cc(C(=O)N(CCCN)CC2CCCC2)ccc1OCc1ccccc1. The Balaban J connectivity index is 1.70. The topological polar surface area (TPSA) is 64.8 Å². The highest BCUT2D eigenvalue weighted by Gasteiger charge is 2.23. The number of rotatable bonds is 10. The molecule has 1 fully saturated rings. The van der Waals surface area contributed by atoms with Gasteiger partial charge in [-0.2, -0.15) is 0 Å². The highest BCUT2D eigenvalue weighted by Crippen LogP contribution is 2.30. The standard InChI is InChI=1S/C24H32N2O3/c1-28-23-16-21(12-13-22(23)29-18-20-10-3-2-4-11-20)24(27)26(15-7-14-25)17-19-8-5-6-9-19/h2-4,10-13,16,19H,5-9,14-15,17-18,25H2,1H3. The van der Waals surface area contributed by atoms with E-state index in [0.717, 1.165) is 18.5 Å². The minimum Gasteiger partial charge on any atom is -0.493 e. The number of carbonyl (C=O) groups excluding carboxylic acids is 1. The molecule has 29 heavy (non-hydrogen) atoms. The second-order valence-electron chi connectivity index (χ2n) is 7.68. The van der Waals surface area contributed by atoms with E-state index >= 15 is 0 Å². The molecular weight excluding hydrogens is 364 g/mol. The van der Waals surface area contributed by atoms with Crippen molar-refractivity contribution in [1.29, 1.82) is 0 Å². The Morgan fingerprint density at radius 1 is 1.10 bits per heavy atom. The summed E-state index contributed by atoms with van der Waals surface area (Å²) >= 11 is 0.